The van der Waals surface area contributed by atoms with Crippen LogP contribution in [0.15, 0.2) is 4.52 Å². The Morgan fingerprint density at radius 3 is 2.64 bits per heavy atom. The Morgan fingerprint density at radius 2 is 1.89 bits per heavy atom. The van der Waals surface area contributed by atoms with Crippen LogP contribution in [0, 0.1) is 0 Å². The molecule has 0 aromatic carbocycles. The molecule has 2 fully saturated rings. The molecule has 9 nitrogen and oxygen atoms in total. The number of nitrogens with zero attached hydrogens (tertiary/aromatic N) is 3. The van der Waals surface area contributed by atoms with Gasteiger partial charge in [-0.15, -0.1) is 11.8 Å². The van der Waals surface area contributed by atoms with Crippen molar-refractivity contribution in [2.24, 2.45) is 0 Å². The molecule has 14 heteroatoms. The number of halogens is 3. The Hall–Kier alpha value is -2.03. The molecule has 6 rings (SSSR count). The second kappa shape index (κ2) is 8.77. The first-order valence-corrected chi connectivity index (χ1v) is 13.7. The Labute approximate surface area is 210 Å². The van der Waals surface area contributed by atoms with Crippen molar-refractivity contribution in [1.29, 1.82) is 0 Å². The lowest BCUT2D eigenvalue weighted by Crippen LogP contribution is -2.39. The van der Waals surface area contributed by atoms with Crippen molar-refractivity contribution in [2.45, 2.75) is 60.8 Å². The minimum atomic E-state index is -5.10. The van der Waals surface area contributed by atoms with Gasteiger partial charge in [-0.05, 0) is 37.9 Å². The summed E-state index contributed by atoms with van der Waals surface area (Å²) in [7, 11) is 0. The zero-order chi connectivity index (χ0) is 25.1. The summed E-state index contributed by atoms with van der Waals surface area (Å²) < 4.78 is 72.2. The summed E-state index contributed by atoms with van der Waals surface area (Å²) in [4.78, 5) is 22.0. The van der Waals surface area contributed by atoms with Gasteiger partial charge in [0.2, 0.25) is 5.88 Å². The zero-order valence-corrected chi connectivity index (χ0v) is 20.7. The third-order valence-corrected chi connectivity index (χ3v) is 9.50. The maximum Gasteiger partial charge on any atom is 0.508 e. The van der Waals surface area contributed by atoms with Crippen molar-refractivity contribution >= 4 is 28.6 Å². The highest BCUT2D eigenvalue weighted by Crippen LogP contribution is 2.52. The van der Waals surface area contributed by atoms with E-state index in [2.05, 4.69) is 10.1 Å². The average Bonchev–Trinajstić information content (AvgIpc) is 3.50. The van der Waals surface area contributed by atoms with Crippen LogP contribution in [0.3, 0.4) is 0 Å². The molecule has 2 saturated heterocycles. The van der Waals surface area contributed by atoms with Crippen LogP contribution in [-0.2, 0) is 48.5 Å². The van der Waals surface area contributed by atoms with E-state index in [1.807, 2.05) is 0 Å². The van der Waals surface area contributed by atoms with Crippen molar-refractivity contribution in [1.82, 2.24) is 15.1 Å². The molecule has 0 saturated carbocycles. The standard InChI is InChI=1S/C22H22F3N3O6S2/c23-22(24,25)36(30)34-19-13-9-32-11-20(6-7-31-10-20)16(13)26-18(27-19)15-12-3-1-5-21(17(12)33-28-15)14(29)4-2-8-35-21/h1-11H2/t20-,21+,36?/m1/s1. The van der Waals surface area contributed by atoms with Crippen LogP contribution in [0.5, 0.6) is 5.88 Å². The summed E-state index contributed by atoms with van der Waals surface area (Å²) in [6.07, 6.45) is 3.73. The molecule has 194 valence electrons. The first-order chi connectivity index (χ1) is 17.2. The Morgan fingerprint density at radius 1 is 1.06 bits per heavy atom. The maximum absolute atomic E-state index is 13.1. The van der Waals surface area contributed by atoms with E-state index >= 15 is 0 Å². The number of fused-ring (bicyclic) bond motifs is 4. The highest BCUT2D eigenvalue weighted by atomic mass is 32.2. The lowest BCUT2D eigenvalue weighted by Gasteiger charge is -2.36. The topological polar surface area (TPSA) is 114 Å². The number of aromatic nitrogens is 3. The number of hydrogen-bond donors (Lipinski definition) is 0. The molecule has 5 heterocycles. The monoisotopic (exact) mass is 545 g/mol. The lowest BCUT2D eigenvalue weighted by molar-refractivity contribution is -0.122. The number of hydrogen-bond acceptors (Lipinski definition) is 10. The fourth-order valence-electron chi connectivity index (χ4n) is 5.48. The summed E-state index contributed by atoms with van der Waals surface area (Å²) >= 11 is -2.09. The van der Waals surface area contributed by atoms with Gasteiger partial charge in [-0.3, -0.25) is 4.79 Å². The number of ether oxygens (including phenoxy) is 2. The molecule has 2 spiro atoms. The fraction of sp³-hybridized carbons (Fsp3) is 0.636. The van der Waals surface area contributed by atoms with Gasteiger partial charge in [-0.1, -0.05) is 5.16 Å². The molecule has 4 aliphatic rings. The quantitative estimate of drug-likeness (QED) is 0.568. The molecule has 3 aliphatic heterocycles. The van der Waals surface area contributed by atoms with Gasteiger partial charge in [0.1, 0.15) is 4.75 Å². The average molecular weight is 546 g/mol. The van der Waals surface area contributed by atoms with E-state index in [-0.39, 0.29) is 42.7 Å². The molecular formula is C22H22F3N3O6S2. The van der Waals surface area contributed by atoms with Crippen molar-refractivity contribution in [2.75, 3.05) is 25.6 Å². The van der Waals surface area contributed by atoms with Crippen LogP contribution in [-0.4, -0.2) is 56.2 Å². The summed E-state index contributed by atoms with van der Waals surface area (Å²) in [5, 5.41) is 4.20. The van der Waals surface area contributed by atoms with E-state index in [0.29, 0.717) is 49.3 Å². The van der Waals surface area contributed by atoms with Gasteiger partial charge in [0.15, 0.2) is 23.1 Å². The summed E-state index contributed by atoms with van der Waals surface area (Å²) in [6.45, 7) is 0.883. The predicted octanol–water partition coefficient (Wildman–Crippen LogP) is 3.51. The molecular weight excluding hydrogens is 523 g/mol. The van der Waals surface area contributed by atoms with Crippen molar-refractivity contribution in [3.8, 4) is 17.4 Å². The van der Waals surface area contributed by atoms with Gasteiger partial charge in [-0.2, -0.15) is 18.2 Å². The molecule has 2 aromatic heterocycles. The number of thioether (sulfide) groups is 1. The van der Waals surface area contributed by atoms with Gasteiger partial charge < -0.3 is 18.2 Å². The highest BCUT2D eigenvalue weighted by molar-refractivity contribution is 8.01. The molecule has 0 N–H and O–H groups in total. The Bertz CT molecular complexity index is 1250. The van der Waals surface area contributed by atoms with Gasteiger partial charge in [0, 0.05) is 18.6 Å². The largest absolute Gasteiger partial charge is 0.508 e. The number of carbonyl (C=O) groups is 1. The molecule has 0 radical (unpaired) electrons. The minimum absolute atomic E-state index is 0.00593. The third kappa shape index (κ3) is 3.79. The minimum Gasteiger partial charge on any atom is -0.380 e. The molecule has 2 aromatic rings. The van der Waals surface area contributed by atoms with E-state index < -0.39 is 32.6 Å². The lowest BCUT2D eigenvalue weighted by atomic mass is 9.80. The second-order valence-corrected chi connectivity index (χ2v) is 11.9. The third-order valence-electron chi connectivity index (χ3n) is 7.21. The van der Waals surface area contributed by atoms with E-state index in [9.17, 15) is 22.2 Å². The summed E-state index contributed by atoms with van der Waals surface area (Å²) in [6, 6.07) is 0. The summed E-state index contributed by atoms with van der Waals surface area (Å²) in [5.41, 5.74) is -4.20. The van der Waals surface area contributed by atoms with Crippen LogP contribution in [0.2, 0.25) is 0 Å². The molecule has 1 aliphatic carbocycles. The molecule has 0 amide bonds. The molecule has 1 unspecified atom stereocenters. The normalized spacial score (nSPS) is 28.8. The van der Waals surface area contributed by atoms with Crippen molar-refractivity contribution in [3.05, 3.63) is 22.6 Å². The van der Waals surface area contributed by atoms with E-state index in [1.165, 1.54) is 0 Å². The Kier molecular flexibility index (Phi) is 5.93. The number of ketones is 1. The van der Waals surface area contributed by atoms with Crippen LogP contribution < -0.4 is 4.18 Å². The molecule has 3 atom stereocenters. The predicted molar refractivity (Wildman–Crippen MR) is 120 cm³/mol. The van der Waals surface area contributed by atoms with Gasteiger partial charge in [0.25, 0.3) is 0 Å². The highest BCUT2D eigenvalue weighted by Gasteiger charge is 2.50. The number of carbonyl (C=O) groups excluding carboxylic acids is 1. The van der Waals surface area contributed by atoms with Gasteiger partial charge in [0.05, 0.1) is 36.5 Å². The number of alkyl halides is 3. The number of rotatable bonds is 3. The van der Waals surface area contributed by atoms with E-state index in [4.69, 9.17) is 23.2 Å². The maximum atomic E-state index is 13.1. The second-order valence-electron chi connectivity index (χ2n) is 9.41. The van der Waals surface area contributed by atoms with Gasteiger partial charge >= 0.3 is 16.6 Å². The first kappa shape index (κ1) is 24.3. The van der Waals surface area contributed by atoms with Crippen molar-refractivity contribution in [3.63, 3.8) is 0 Å². The molecule has 0 bridgehead atoms. The smallest absolute Gasteiger partial charge is 0.380 e. The SMILES string of the molecule is O=C1CCCS[C@@]12CCCc1c(-c3nc(OS(=O)C(F)(F)F)c4c(n3)[C@@]3(CCOC3)COC4)noc12. The van der Waals surface area contributed by atoms with Crippen LogP contribution in [0.25, 0.3) is 11.5 Å². The van der Waals surface area contributed by atoms with E-state index in [0.717, 1.165) is 18.6 Å². The van der Waals surface area contributed by atoms with Crippen molar-refractivity contribution < 1.29 is 40.4 Å². The van der Waals surface area contributed by atoms with Crippen LogP contribution in [0.4, 0.5) is 13.2 Å². The number of Topliss-reactive ketones (excluding diaryl/α,β-unsaturated/α-hetero) is 1. The van der Waals surface area contributed by atoms with Crippen LogP contribution >= 0.6 is 11.8 Å². The van der Waals surface area contributed by atoms with Gasteiger partial charge in [-0.25, -0.2) is 9.19 Å². The van der Waals surface area contributed by atoms with Crippen LogP contribution in [0.1, 0.15) is 54.7 Å². The Balaban J connectivity index is 1.50. The van der Waals surface area contributed by atoms with E-state index in [1.54, 1.807) is 11.8 Å². The first-order valence-electron chi connectivity index (χ1n) is 11.6. The summed E-state index contributed by atoms with van der Waals surface area (Å²) in [5.74, 6) is 0.926. The fourth-order valence-corrected chi connectivity index (χ4v) is 7.33. The zero-order valence-electron chi connectivity index (χ0n) is 19.0. The molecule has 36 heavy (non-hydrogen) atoms.